The molecule has 11 heteroatoms. The molecule has 4 N–H and O–H groups in total. The Balaban J connectivity index is 0.00000841. The van der Waals surface area contributed by atoms with E-state index in [4.69, 9.17) is 32.7 Å². The highest BCUT2D eigenvalue weighted by molar-refractivity contribution is 14.0. The third kappa shape index (κ3) is 12.5. The summed E-state index contributed by atoms with van der Waals surface area (Å²) in [5.74, 6) is 0.916. The molecule has 30 heavy (non-hydrogen) atoms. The summed E-state index contributed by atoms with van der Waals surface area (Å²) in [5, 5.41) is 19.6. The molecule has 1 aromatic carbocycles. The van der Waals surface area contributed by atoms with Gasteiger partial charge in [0, 0.05) is 19.6 Å². The molecule has 0 radical (unpaired) electrons. The van der Waals surface area contributed by atoms with Crippen molar-refractivity contribution < 1.29 is 19.4 Å². The van der Waals surface area contributed by atoms with Crippen molar-refractivity contribution in [2.24, 2.45) is 4.99 Å². The van der Waals surface area contributed by atoms with Crippen LogP contribution in [0.15, 0.2) is 23.2 Å². The Morgan fingerprint density at radius 2 is 1.87 bits per heavy atom. The van der Waals surface area contributed by atoms with Crippen LogP contribution in [-0.4, -0.2) is 61.7 Å². The minimum Gasteiger partial charge on any atom is -0.489 e. The standard InChI is InChI=1S/C19H30Cl2N4O4.HI/c1-5-22-17(23-9-10-24-18(27)29-19(2,3)4)25-11-13(26)12-28-15-8-6-7-14(20)16(15)21;/h6-8,13,26H,5,9-12H2,1-4H3,(H,24,27)(H2,22,23,25);1H. The number of alkyl carbamates (subject to hydrolysis) is 1. The highest BCUT2D eigenvalue weighted by Gasteiger charge is 2.15. The molecule has 0 heterocycles. The van der Waals surface area contributed by atoms with Crippen LogP contribution in [0.4, 0.5) is 4.79 Å². The maximum atomic E-state index is 11.6. The molecule has 0 aromatic heterocycles. The van der Waals surface area contributed by atoms with Gasteiger partial charge in [0.15, 0.2) is 5.96 Å². The van der Waals surface area contributed by atoms with Gasteiger partial charge in [0.2, 0.25) is 0 Å². The molecular formula is C19H31Cl2IN4O4. The van der Waals surface area contributed by atoms with Gasteiger partial charge in [-0.2, -0.15) is 0 Å². The van der Waals surface area contributed by atoms with Crippen molar-refractivity contribution in [3.63, 3.8) is 0 Å². The number of carbonyl (C=O) groups is 1. The third-order valence-corrected chi connectivity index (χ3v) is 4.04. The normalized spacial score (nSPS) is 12.4. The molecule has 1 unspecified atom stereocenters. The van der Waals surface area contributed by atoms with Gasteiger partial charge >= 0.3 is 6.09 Å². The Hall–Kier alpha value is -1.17. The zero-order chi connectivity index (χ0) is 21.9. The van der Waals surface area contributed by atoms with Gasteiger partial charge in [-0.25, -0.2) is 4.79 Å². The first-order chi connectivity index (χ1) is 13.6. The number of halogens is 3. The first-order valence-electron chi connectivity index (χ1n) is 9.36. The molecule has 0 aliphatic rings. The average molecular weight is 577 g/mol. The van der Waals surface area contributed by atoms with Crippen molar-refractivity contribution in [1.29, 1.82) is 0 Å². The van der Waals surface area contributed by atoms with Gasteiger partial charge < -0.3 is 30.5 Å². The lowest BCUT2D eigenvalue weighted by molar-refractivity contribution is 0.0529. The van der Waals surface area contributed by atoms with Crippen LogP contribution in [-0.2, 0) is 4.74 Å². The number of hydrogen-bond donors (Lipinski definition) is 4. The Morgan fingerprint density at radius 3 is 2.50 bits per heavy atom. The summed E-state index contributed by atoms with van der Waals surface area (Å²) in [6.07, 6.45) is -1.31. The molecule has 1 atom stereocenters. The quantitative estimate of drug-likeness (QED) is 0.155. The number of benzene rings is 1. The number of amides is 1. The average Bonchev–Trinajstić information content (AvgIpc) is 2.62. The second kappa shape index (κ2) is 14.8. The van der Waals surface area contributed by atoms with Crippen LogP contribution in [0.5, 0.6) is 5.75 Å². The predicted octanol–water partition coefficient (Wildman–Crippen LogP) is 3.43. The van der Waals surface area contributed by atoms with Crippen molar-refractivity contribution in [3.05, 3.63) is 28.2 Å². The van der Waals surface area contributed by atoms with Gasteiger partial charge in [-0.15, -0.1) is 24.0 Å². The van der Waals surface area contributed by atoms with Gasteiger partial charge in [-0.3, -0.25) is 4.99 Å². The number of ether oxygens (including phenoxy) is 2. The number of nitrogens with one attached hydrogen (secondary N) is 3. The van der Waals surface area contributed by atoms with Crippen molar-refractivity contribution in [2.45, 2.75) is 39.4 Å². The van der Waals surface area contributed by atoms with E-state index in [0.29, 0.717) is 41.4 Å². The van der Waals surface area contributed by atoms with E-state index in [1.165, 1.54) is 0 Å². The molecule has 0 fully saturated rings. The fraction of sp³-hybridized carbons (Fsp3) is 0.579. The minimum atomic E-state index is -0.833. The summed E-state index contributed by atoms with van der Waals surface area (Å²) in [4.78, 5) is 15.9. The lowest BCUT2D eigenvalue weighted by Gasteiger charge is -2.20. The molecule has 0 saturated heterocycles. The highest BCUT2D eigenvalue weighted by atomic mass is 127. The van der Waals surface area contributed by atoms with Crippen molar-refractivity contribution in [1.82, 2.24) is 16.0 Å². The molecule has 172 valence electrons. The second-order valence-corrected chi connectivity index (χ2v) is 7.88. The monoisotopic (exact) mass is 576 g/mol. The maximum Gasteiger partial charge on any atom is 0.407 e. The number of aliphatic hydroxyl groups is 1. The molecule has 1 aromatic rings. The number of carbonyl (C=O) groups excluding carboxylic acids is 1. The Labute approximate surface area is 205 Å². The number of aliphatic imine (C=N–C) groups is 1. The largest absolute Gasteiger partial charge is 0.489 e. The second-order valence-electron chi connectivity index (χ2n) is 7.09. The molecule has 0 bridgehead atoms. The SMILES string of the molecule is CCNC(=NCC(O)COc1cccc(Cl)c1Cl)NCCNC(=O)OC(C)(C)C.I. The van der Waals surface area contributed by atoms with E-state index in [1.807, 2.05) is 6.92 Å². The smallest absolute Gasteiger partial charge is 0.407 e. The van der Waals surface area contributed by atoms with Crippen LogP contribution in [0.2, 0.25) is 10.0 Å². The van der Waals surface area contributed by atoms with E-state index in [0.717, 1.165) is 0 Å². The van der Waals surface area contributed by atoms with Crippen LogP contribution >= 0.6 is 47.2 Å². The molecular weight excluding hydrogens is 546 g/mol. The summed E-state index contributed by atoms with van der Waals surface area (Å²) >= 11 is 12.0. The third-order valence-electron chi connectivity index (χ3n) is 3.24. The fourth-order valence-electron chi connectivity index (χ4n) is 2.03. The maximum absolute atomic E-state index is 11.6. The molecule has 0 saturated carbocycles. The fourth-order valence-corrected chi connectivity index (χ4v) is 2.38. The molecule has 0 aliphatic carbocycles. The van der Waals surface area contributed by atoms with E-state index in [2.05, 4.69) is 20.9 Å². The van der Waals surface area contributed by atoms with Crippen LogP contribution in [0, 0.1) is 0 Å². The van der Waals surface area contributed by atoms with Crippen molar-refractivity contribution in [3.8, 4) is 5.75 Å². The van der Waals surface area contributed by atoms with Gasteiger partial charge in [0.25, 0.3) is 0 Å². The molecule has 8 nitrogen and oxygen atoms in total. The van der Waals surface area contributed by atoms with E-state index in [1.54, 1.807) is 39.0 Å². The van der Waals surface area contributed by atoms with Gasteiger partial charge in [-0.1, -0.05) is 29.3 Å². The number of rotatable bonds is 9. The van der Waals surface area contributed by atoms with E-state index < -0.39 is 17.8 Å². The van der Waals surface area contributed by atoms with Gasteiger partial charge in [0.1, 0.15) is 29.1 Å². The van der Waals surface area contributed by atoms with Crippen LogP contribution in [0.1, 0.15) is 27.7 Å². The Bertz CT molecular complexity index is 687. The van der Waals surface area contributed by atoms with Crippen LogP contribution in [0.3, 0.4) is 0 Å². The lowest BCUT2D eigenvalue weighted by Crippen LogP contribution is -2.43. The van der Waals surface area contributed by atoms with Gasteiger partial charge in [0.05, 0.1) is 11.6 Å². The number of nitrogens with zero attached hydrogens (tertiary/aromatic N) is 1. The summed E-state index contributed by atoms with van der Waals surface area (Å²) in [6, 6.07) is 5.05. The number of aliphatic hydroxyl groups excluding tert-OH is 1. The highest BCUT2D eigenvalue weighted by Crippen LogP contribution is 2.31. The molecule has 1 amide bonds. The van der Waals surface area contributed by atoms with E-state index in [-0.39, 0.29) is 37.1 Å². The number of guanidine groups is 1. The summed E-state index contributed by atoms with van der Waals surface area (Å²) in [5.41, 5.74) is -0.540. The first kappa shape index (κ1) is 28.8. The van der Waals surface area contributed by atoms with Crippen LogP contribution in [0.25, 0.3) is 0 Å². The first-order valence-corrected chi connectivity index (χ1v) is 10.1. The molecule has 1 rings (SSSR count). The lowest BCUT2D eigenvalue weighted by atomic mass is 10.2. The number of hydrogen-bond acceptors (Lipinski definition) is 5. The zero-order valence-electron chi connectivity index (χ0n) is 17.6. The summed E-state index contributed by atoms with van der Waals surface area (Å²) < 4.78 is 10.7. The summed E-state index contributed by atoms with van der Waals surface area (Å²) in [6.45, 7) is 8.92. The predicted molar refractivity (Wildman–Crippen MR) is 132 cm³/mol. The topological polar surface area (TPSA) is 104 Å². The van der Waals surface area contributed by atoms with Crippen molar-refractivity contribution in [2.75, 3.05) is 32.8 Å². The van der Waals surface area contributed by atoms with Crippen LogP contribution < -0.4 is 20.7 Å². The minimum absolute atomic E-state index is 0. The van der Waals surface area contributed by atoms with Gasteiger partial charge in [-0.05, 0) is 39.8 Å². The van der Waals surface area contributed by atoms with E-state index in [9.17, 15) is 9.90 Å². The molecule has 0 aliphatic heterocycles. The summed E-state index contributed by atoms with van der Waals surface area (Å²) in [7, 11) is 0. The van der Waals surface area contributed by atoms with Crippen molar-refractivity contribution >= 4 is 59.2 Å². The Morgan fingerprint density at radius 1 is 1.20 bits per heavy atom. The van der Waals surface area contributed by atoms with E-state index >= 15 is 0 Å². The Kier molecular flexibility index (Phi) is 14.2. The zero-order valence-corrected chi connectivity index (χ0v) is 21.5. The molecule has 0 spiro atoms.